The molecular weight excluding hydrogens is 350 g/mol. The molecular formula is C23H31N3O2. The second-order valence-electron chi connectivity index (χ2n) is 9.72. The topological polar surface area (TPSA) is 67.2 Å². The van der Waals surface area contributed by atoms with Crippen LogP contribution in [0.1, 0.15) is 75.2 Å². The van der Waals surface area contributed by atoms with E-state index in [1.165, 1.54) is 19.3 Å². The monoisotopic (exact) mass is 381 g/mol. The van der Waals surface area contributed by atoms with Crippen LogP contribution in [0.3, 0.4) is 0 Å². The number of nitrogens with one attached hydrogen (secondary N) is 1. The maximum absolute atomic E-state index is 13.3. The Kier molecular flexibility index (Phi) is 4.27. The largest absolute Gasteiger partial charge is 0.390 e. The van der Waals surface area contributed by atoms with Gasteiger partial charge in [-0.15, -0.1) is 0 Å². The average molecular weight is 382 g/mol. The van der Waals surface area contributed by atoms with E-state index in [-0.39, 0.29) is 11.4 Å². The molecule has 0 spiro atoms. The van der Waals surface area contributed by atoms with Gasteiger partial charge in [0.1, 0.15) is 0 Å². The number of unbranched alkanes of at least 4 members (excludes halogenated alkanes) is 2. The second kappa shape index (κ2) is 6.58. The molecule has 150 valence electrons. The van der Waals surface area contributed by atoms with Crippen LogP contribution in [0, 0.1) is 11.8 Å². The molecule has 0 radical (unpaired) electrons. The highest BCUT2D eigenvalue weighted by molar-refractivity contribution is 6.05. The lowest BCUT2D eigenvalue weighted by Crippen LogP contribution is -2.65. The van der Waals surface area contributed by atoms with Gasteiger partial charge >= 0.3 is 0 Å². The lowest BCUT2D eigenvalue weighted by molar-refractivity contribution is -0.139. The first kappa shape index (κ1) is 18.2. The lowest BCUT2D eigenvalue weighted by Gasteiger charge is -2.60. The summed E-state index contributed by atoms with van der Waals surface area (Å²) in [5.74, 6) is 1.03. The van der Waals surface area contributed by atoms with Gasteiger partial charge in [0.2, 0.25) is 0 Å². The van der Waals surface area contributed by atoms with E-state index in [4.69, 9.17) is 5.10 Å². The predicted octanol–water partition coefficient (Wildman–Crippen LogP) is 4.04. The lowest BCUT2D eigenvalue weighted by atomic mass is 9.51. The Morgan fingerprint density at radius 1 is 1.21 bits per heavy atom. The third-order valence-electron chi connectivity index (χ3n) is 7.26. The Balaban J connectivity index is 1.42. The summed E-state index contributed by atoms with van der Waals surface area (Å²) in [6.45, 7) is 3.04. The number of rotatable bonds is 6. The molecule has 4 saturated carbocycles. The molecule has 2 aromatic rings. The Hall–Kier alpha value is -1.88. The molecule has 1 aromatic carbocycles. The molecule has 4 aliphatic carbocycles. The van der Waals surface area contributed by atoms with Gasteiger partial charge in [0.15, 0.2) is 5.69 Å². The van der Waals surface area contributed by atoms with E-state index in [2.05, 4.69) is 18.3 Å². The summed E-state index contributed by atoms with van der Waals surface area (Å²) in [6, 6.07) is 8.04. The number of aliphatic hydroxyl groups is 1. The first-order valence-corrected chi connectivity index (χ1v) is 11.0. The fraction of sp³-hybridized carbons (Fsp3) is 0.652. The van der Waals surface area contributed by atoms with Gasteiger partial charge < -0.3 is 10.4 Å². The van der Waals surface area contributed by atoms with Crippen molar-refractivity contribution < 1.29 is 9.90 Å². The van der Waals surface area contributed by atoms with Crippen molar-refractivity contribution in [2.24, 2.45) is 11.8 Å². The molecule has 4 aliphatic rings. The standard InChI is InChI=1S/C23H31N3O2/c1-2-3-6-9-26-19-8-5-4-7-18(19)20(25-26)21(27)24-22-11-16-10-17(12-22)14-23(28,13-16)15-22/h4-5,7-8,16-17,28H,2-3,6,9-15H2,1H3,(H,24,27). The van der Waals surface area contributed by atoms with E-state index in [9.17, 15) is 9.90 Å². The Labute approximate surface area is 166 Å². The molecule has 0 aliphatic heterocycles. The van der Waals surface area contributed by atoms with Crippen LogP contribution in [0.25, 0.3) is 10.9 Å². The zero-order chi connectivity index (χ0) is 19.4. The zero-order valence-electron chi connectivity index (χ0n) is 16.8. The minimum Gasteiger partial charge on any atom is -0.390 e. The van der Waals surface area contributed by atoms with Crippen LogP contribution in [0.2, 0.25) is 0 Å². The molecule has 4 fully saturated rings. The third kappa shape index (κ3) is 3.04. The third-order valence-corrected chi connectivity index (χ3v) is 7.26. The molecule has 1 amide bonds. The van der Waals surface area contributed by atoms with Crippen LogP contribution in [0.15, 0.2) is 24.3 Å². The number of hydrogen-bond donors (Lipinski definition) is 2. The summed E-state index contributed by atoms with van der Waals surface area (Å²) < 4.78 is 1.99. The molecule has 2 atom stereocenters. The number of para-hydroxylation sites is 1. The van der Waals surface area contributed by atoms with Crippen LogP contribution in [0.5, 0.6) is 0 Å². The van der Waals surface area contributed by atoms with Crippen molar-refractivity contribution >= 4 is 16.8 Å². The molecule has 28 heavy (non-hydrogen) atoms. The molecule has 6 rings (SSSR count). The number of hydrogen-bond acceptors (Lipinski definition) is 3. The summed E-state index contributed by atoms with van der Waals surface area (Å²) in [7, 11) is 0. The summed E-state index contributed by atoms with van der Waals surface area (Å²) in [6.07, 6.45) is 9.17. The van der Waals surface area contributed by atoms with Gasteiger partial charge in [-0.05, 0) is 62.8 Å². The van der Waals surface area contributed by atoms with Crippen LogP contribution in [0.4, 0.5) is 0 Å². The molecule has 0 saturated heterocycles. The highest BCUT2D eigenvalue weighted by atomic mass is 16.3. The van der Waals surface area contributed by atoms with E-state index < -0.39 is 5.60 Å². The van der Waals surface area contributed by atoms with E-state index >= 15 is 0 Å². The molecule has 2 unspecified atom stereocenters. The van der Waals surface area contributed by atoms with Gasteiger partial charge in [0, 0.05) is 17.5 Å². The Morgan fingerprint density at radius 3 is 2.68 bits per heavy atom. The van der Waals surface area contributed by atoms with Gasteiger partial charge in [0.05, 0.1) is 11.1 Å². The summed E-state index contributed by atoms with van der Waals surface area (Å²) in [4.78, 5) is 13.3. The molecule has 4 bridgehead atoms. The van der Waals surface area contributed by atoms with Crippen molar-refractivity contribution in [2.45, 2.75) is 82.4 Å². The highest BCUT2D eigenvalue weighted by Crippen LogP contribution is 2.57. The second-order valence-corrected chi connectivity index (χ2v) is 9.72. The first-order valence-electron chi connectivity index (χ1n) is 11.0. The van der Waals surface area contributed by atoms with Crippen LogP contribution in [-0.4, -0.2) is 31.9 Å². The smallest absolute Gasteiger partial charge is 0.272 e. The van der Waals surface area contributed by atoms with Gasteiger partial charge in [0.25, 0.3) is 5.91 Å². The van der Waals surface area contributed by atoms with Crippen molar-refractivity contribution in [3.05, 3.63) is 30.0 Å². The Morgan fingerprint density at radius 2 is 1.96 bits per heavy atom. The highest BCUT2D eigenvalue weighted by Gasteiger charge is 2.57. The maximum Gasteiger partial charge on any atom is 0.272 e. The minimum absolute atomic E-state index is 0.0732. The Bertz CT molecular complexity index is 888. The zero-order valence-corrected chi connectivity index (χ0v) is 16.8. The normalized spacial score (nSPS) is 33.5. The number of carbonyl (C=O) groups is 1. The van der Waals surface area contributed by atoms with Crippen LogP contribution in [-0.2, 0) is 6.54 Å². The fourth-order valence-electron chi connectivity index (χ4n) is 6.64. The van der Waals surface area contributed by atoms with Crippen molar-refractivity contribution in [3.8, 4) is 0 Å². The van der Waals surface area contributed by atoms with Crippen LogP contribution < -0.4 is 5.32 Å². The number of fused-ring (bicyclic) bond motifs is 1. The number of aromatic nitrogens is 2. The van der Waals surface area contributed by atoms with Crippen LogP contribution >= 0.6 is 0 Å². The summed E-state index contributed by atoms with van der Waals surface area (Å²) >= 11 is 0. The maximum atomic E-state index is 13.3. The van der Waals surface area contributed by atoms with E-state index in [1.807, 2.05) is 22.9 Å². The van der Waals surface area contributed by atoms with E-state index in [0.717, 1.165) is 49.6 Å². The minimum atomic E-state index is -0.570. The SMILES string of the molecule is CCCCCn1nc(C(=O)NC23CC4CC(CC(O)(C4)C2)C3)c2ccccc21. The van der Waals surface area contributed by atoms with Crippen molar-refractivity contribution in [1.82, 2.24) is 15.1 Å². The molecule has 5 nitrogen and oxygen atoms in total. The summed E-state index contributed by atoms with van der Waals surface area (Å²) in [5.41, 5.74) is 0.754. The van der Waals surface area contributed by atoms with Crippen molar-refractivity contribution in [1.29, 1.82) is 0 Å². The molecule has 1 heterocycles. The van der Waals surface area contributed by atoms with Gasteiger partial charge in [-0.3, -0.25) is 9.48 Å². The van der Waals surface area contributed by atoms with Crippen molar-refractivity contribution in [3.63, 3.8) is 0 Å². The number of aryl methyl sites for hydroxylation is 1. The number of amides is 1. The first-order chi connectivity index (χ1) is 13.5. The van der Waals surface area contributed by atoms with Gasteiger partial charge in [-0.2, -0.15) is 5.10 Å². The molecule has 1 aromatic heterocycles. The summed E-state index contributed by atoms with van der Waals surface area (Å²) in [5, 5.41) is 20.0. The van der Waals surface area contributed by atoms with Gasteiger partial charge in [-0.1, -0.05) is 38.0 Å². The number of benzene rings is 1. The number of nitrogens with zero attached hydrogens (tertiary/aromatic N) is 2. The van der Waals surface area contributed by atoms with Crippen molar-refractivity contribution in [2.75, 3.05) is 0 Å². The fourth-order valence-corrected chi connectivity index (χ4v) is 6.64. The average Bonchev–Trinajstić information content (AvgIpc) is 2.99. The quantitative estimate of drug-likeness (QED) is 0.742. The van der Waals surface area contributed by atoms with E-state index in [0.29, 0.717) is 24.0 Å². The number of carbonyl (C=O) groups excluding carboxylic acids is 1. The predicted molar refractivity (Wildman–Crippen MR) is 109 cm³/mol. The van der Waals surface area contributed by atoms with Gasteiger partial charge in [-0.25, -0.2) is 0 Å². The molecule has 5 heteroatoms. The molecule has 2 N–H and O–H groups in total. The van der Waals surface area contributed by atoms with E-state index in [1.54, 1.807) is 0 Å².